The predicted octanol–water partition coefficient (Wildman–Crippen LogP) is 1.46. The Bertz CT molecular complexity index is 542. The number of nitrogens with zero attached hydrogens (tertiary/aromatic N) is 1. The van der Waals surface area contributed by atoms with Crippen LogP contribution in [0.5, 0.6) is 0 Å². The SMILES string of the molecule is CSCC(C)(O)CNc1ccccc1S(=O)(=O)N(C)C. The van der Waals surface area contributed by atoms with Gasteiger partial charge in [-0.2, -0.15) is 11.8 Å². The lowest BCUT2D eigenvalue weighted by Crippen LogP contribution is -2.36. The van der Waals surface area contributed by atoms with Crippen LogP contribution in [-0.2, 0) is 10.0 Å². The van der Waals surface area contributed by atoms with Crippen LogP contribution >= 0.6 is 11.8 Å². The Hall–Kier alpha value is -0.760. The molecular weight excluding hydrogens is 296 g/mol. The summed E-state index contributed by atoms with van der Waals surface area (Å²) >= 11 is 1.54. The largest absolute Gasteiger partial charge is 0.387 e. The number of anilines is 1. The summed E-state index contributed by atoms with van der Waals surface area (Å²) in [5.41, 5.74) is -0.392. The number of thioether (sulfide) groups is 1. The van der Waals surface area contributed by atoms with Crippen molar-refractivity contribution >= 4 is 27.5 Å². The molecule has 0 saturated heterocycles. The number of rotatable bonds is 7. The van der Waals surface area contributed by atoms with Crippen LogP contribution in [0.2, 0.25) is 0 Å². The molecule has 0 aliphatic heterocycles. The quantitative estimate of drug-likeness (QED) is 0.796. The number of para-hydroxylation sites is 1. The maximum Gasteiger partial charge on any atom is 0.244 e. The molecule has 0 aliphatic carbocycles. The van der Waals surface area contributed by atoms with Crippen LogP contribution in [0.3, 0.4) is 0 Å². The van der Waals surface area contributed by atoms with Crippen molar-refractivity contribution in [1.82, 2.24) is 4.31 Å². The molecule has 7 heteroatoms. The van der Waals surface area contributed by atoms with Gasteiger partial charge < -0.3 is 10.4 Å². The zero-order chi connectivity index (χ0) is 15.4. The average molecular weight is 318 g/mol. The smallest absolute Gasteiger partial charge is 0.244 e. The minimum atomic E-state index is -3.50. The van der Waals surface area contributed by atoms with Crippen molar-refractivity contribution in [2.75, 3.05) is 38.0 Å². The third kappa shape index (κ3) is 4.37. The van der Waals surface area contributed by atoms with Gasteiger partial charge in [-0.3, -0.25) is 0 Å². The summed E-state index contributed by atoms with van der Waals surface area (Å²) in [6.45, 7) is 2.01. The fourth-order valence-electron chi connectivity index (χ4n) is 1.68. The first-order valence-corrected chi connectivity index (χ1v) is 9.01. The molecule has 0 amide bonds. The molecule has 1 aromatic carbocycles. The Morgan fingerprint density at radius 1 is 1.35 bits per heavy atom. The van der Waals surface area contributed by atoms with Crippen molar-refractivity contribution in [3.05, 3.63) is 24.3 Å². The number of nitrogens with one attached hydrogen (secondary N) is 1. The zero-order valence-corrected chi connectivity index (χ0v) is 13.9. The summed E-state index contributed by atoms with van der Waals surface area (Å²) < 4.78 is 25.6. The summed E-state index contributed by atoms with van der Waals surface area (Å²) in [6.07, 6.45) is 1.92. The first-order valence-electron chi connectivity index (χ1n) is 6.17. The van der Waals surface area contributed by atoms with Gasteiger partial charge in [0.05, 0.1) is 11.3 Å². The molecule has 1 atom stereocenters. The van der Waals surface area contributed by atoms with Crippen molar-refractivity contribution in [3.63, 3.8) is 0 Å². The Morgan fingerprint density at radius 2 is 1.95 bits per heavy atom. The third-order valence-corrected chi connectivity index (χ3v) is 5.54. The summed E-state index contributed by atoms with van der Waals surface area (Å²) in [4.78, 5) is 0.213. The fourth-order valence-corrected chi connectivity index (χ4v) is 3.47. The van der Waals surface area contributed by atoms with E-state index in [4.69, 9.17) is 0 Å². The highest BCUT2D eigenvalue weighted by molar-refractivity contribution is 7.98. The predicted molar refractivity (Wildman–Crippen MR) is 84.8 cm³/mol. The number of hydrogen-bond donors (Lipinski definition) is 2. The van der Waals surface area contributed by atoms with E-state index in [1.54, 1.807) is 43.0 Å². The van der Waals surface area contributed by atoms with Gasteiger partial charge in [0.2, 0.25) is 10.0 Å². The van der Waals surface area contributed by atoms with Gasteiger partial charge >= 0.3 is 0 Å². The van der Waals surface area contributed by atoms with E-state index in [0.29, 0.717) is 11.4 Å². The molecule has 0 spiro atoms. The first kappa shape index (κ1) is 17.3. The molecule has 0 aromatic heterocycles. The second-order valence-electron chi connectivity index (χ2n) is 5.07. The van der Waals surface area contributed by atoms with Crippen molar-refractivity contribution in [3.8, 4) is 0 Å². The Kier molecular flexibility index (Phi) is 5.88. The van der Waals surface area contributed by atoms with Crippen molar-refractivity contribution in [1.29, 1.82) is 0 Å². The number of benzene rings is 1. The van der Waals surface area contributed by atoms with E-state index in [9.17, 15) is 13.5 Å². The maximum atomic E-state index is 12.2. The number of sulfonamides is 1. The van der Waals surface area contributed by atoms with Crippen LogP contribution in [0.4, 0.5) is 5.69 Å². The third-order valence-electron chi connectivity index (χ3n) is 2.76. The van der Waals surface area contributed by atoms with Gasteiger partial charge in [-0.1, -0.05) is 12.1 Å². The molecule has 0 saturated carbocycles. The number of aliphatic hydroxyl groups is 1. The van der Waals surface area contributed by atoms with Gasteiger partial charge in [0, 0.05) is 26.4 Å². The van der Waals surface area contributed by atoms with E-state index in [-0.39, 0.29) is 11.4 Å². The molecular formula is C13H22N2O3S2. The summed E-state index contributed by atoms with van der Waals surface area (Å²) in [6, 6.07) is 6.70. The number of hydrogen-bond acceptors (Lipinski definition) is 5. The van der Waals surface area contributed by atoms with Crippen molar-refractivity contribution < 1.29 is 13.5 Å². The van der Waals surface area contributed by atoms with Crippen LogP contribution in [0.15, 0.2) is 29.2 Å². The molecule has 20 heavy (non-hydrogen) atoms. The molecule has 1 aromatic rings. The van der Waals surface area contributed by atoms with E-state index in [1.165, 1.54) is 18.4 Å². The summed E-state index contributed by atoms with van der Waals surface area (Å²) in [5.74, 6) is 0.572. The highest BCUT2D eigenvalue weighted by Gasteiger charge is 2.23. The van der Waals surface area contributed by atoms with Gasteiger partial charge in [0.15, 0.2) is 0 Å². The van der Waals surface area contributed by atoms with Gasteiger partial charge in [-0.25, -0.2) is 12.7 Å². The lowest BCUT2D eigenvalue weighted by molar-refractivity contribution is 0.0996. The second-order valence-corrected chi connectivity index (χ2v) is 8.05. The molecule has 0 heterocycles. The molecule has 0 radical (unpaired) electrons. The lowest BCUT2D eigenvalue weighted by atomic mass is 10.1. The molecule has 5 nitrogen and oxygen atoms in total. The standard InChI is InChI=1S/C13H22N2O3S2/c1-13(16,10-19-4)9-14-11-7-5-6-8-12(11)20(17,18)15(2)3/h5-8,14,16H,9-10H2,1-4H3. The molecule has 1 rings (SSSR count). The van der Waals surface area contributed by atoms with E-state index in [2.05, 4.69) is 5.32 Å². The zero-order valence-electron chi connectivity index (χ0n) is 12.3. The Morgan fingerprint density at radius 3 is 2.50 bits per heavy atom. The van der Waals surface area contributed by atoms with E-state index < -0.39 is 15.6 Å². The molecule has 2 N–H and O–H groups in total. The minimum Gasteiger partial charge on any atom is -0.387 e. The topological polar surface area (TPSA) is 69.6 Å². The van der Waals surface area contributed by atoms with Gasteiger partial charge in [0.1, 0.15) is 4.90 Å². The molecule has 0 aliphatic rings. The van der Waals surface area contributed by atoms with Crippen LogP contribution in [-0.4, -0.2) is 56.1 Å². The van der Waals surface area contributed by atoms with Crippen LogP contribution in [0.1, 0.15) is 6.92 Å². The first-order chi connectivity index (χ1) is 9.20. The summed E-state index contributed by atoms with van der Waals surface area (Å²) in [5, 5.41) is 13.2. The fraction of sp³-hybridized carbons (Fsp3) is 0.538. The monoisotopic (exact) mass is 318 g/mol. The molecule has 0 fully saturated rings. The van der Waals surface area contributed by atoms with Crippen LogP contribution < -0.4 is 5.32 Å². The average Bonchev–Trinajstić information content (AvgIpc) is 2.36. The van der Waals surface area contributed by atoms with Crippen molar-refractivity contribution in [2.24, 2.45) is 0 Å². The summed E-state index contributed by atoms with van der Waals surface area (Å²) in [7, 11) is -0.511. The Balaban J connectivity index is 2.98. The second kappa shape index (κ2) is 6.80. The van der Waals surface area contributed by atoms with E-state index >= 15 is 0 Å². The maximum absolute atomic E-state index is 12.2. The van der Waals surface area contributed by atoms with Gasteiger partial charge in [0.25, 0.3) is 0 Å². The molecule has 1 unspecified atom stereocenters. The van der Waals surface area contributed by atoms with Crippen LogP contribution in [0.25, 0.3) is 0 Å². The van der Waals surface area contributed by atoms with Gasteiger partial charge in [-0.15, -0.1) is 0 Å². The molecule has 114 valence electrons. The molecule has 0 bridgehead atoms. The van der Waals surface area contributed by atoms with Crippen molar-refractivity contribution in [2.45, 2.75) is 17.4 Å². The normalized spacial score (nSPS) is 15.1. The van der Waals surface area contributed by atoms with Crippen LogP contribution in [0, 0.1) is 0 Å². The van der Waals surface area contributed by atoms with E-state index in [0.717, 1.165) is 0 Å². The Labute approximate surface area is 125 Å². The van der Waals surface area contributed by atoms with Gasteiger partial charge in [-0.05, 0) is 25.3 Å². The van der Waals surface area contributed by atoms with E-state index in [1.807, 2.05) is 6.26 Å². The lowest BCUT2D eigenvalue weighted by Gasteiger charge is -2.24. The minimum absolute atomic E-state index is 0.213. The highest BCUT2D eigenvalue weighted by Crippen LogP contribution is 2.24. The highest BCUT2D eigenvalue weighted by atomic mass is 32.2.